The number of benzene rings is 10. The van der Waals surface area contributed by atoms with Crippen molar-refractivity contribution in [2.45, 2.75) is 37.8 Å². The van der Waals surface area contributed by atoms with Crippen LogP contribution in [0.2, 0.25) is 13.1 Å². The zero-order chi connectivity index (χ0) is 45.8. The van der Waals surface area contributed by atoms with Crippen molar-refractivity contribution in [3.8, 4) is 55.6 Å². The van der Waals surface area contributed by atoms with E-state index >= 15 is 0 Å². The van der Waals surface area contributed by atoms with Crippen LogP contribution in [0.25, 0.3) is 55.6 Å². The Labute approximate surface area is 401 Å². The Bertz CT molecular complexity index is 3620. The first-order valence-corrected chi connectivity index (χ1v) is 27.1. The minimum absolute atomic E-state index is 0.145. The Kier molecular flexibility index (Phi) is 9.00. The highest BCUT2D eigenvalue weighted by Gasteiger charge is 2.47. The first-order chi connectivity index (χ1) is 33.2. The van der Waals surface area contributed by atoms with Crippen LogP contribution < -0.4 is 15.3 Å². The third-order valence-corrected chi connectivity index (χ3v) is 19.3. The lowest BCUT2D eigenvalue weighted by Crippen LogP contribution is -2.49. The van der Waals surface area contributed by atoms with Gasteiger partial charge in [-0.2, -0.15) is 0 Å². The first-order valence-electron chi connectivity index (χ1n) is 24.1. The molecule has 0 amide bonds. The fourth-order valence-electron chi connectivity index (χ4n) is 12.4. The van der Waals surface area contributed by atoms with E-state index in [9.17, 15) is 0 Å². The molecule has 1 atom stereocenters. The maximum atomic E-state index is 2.50. The van der Waals surface area contributed by atoms with Crippen LogP contribution in [0.3, 0.4) is 0 Å². The van der Waals surface area contributed by atoms with Crippen molar-refractivity contribution in [3.63, 3.8) is 0 Å². The molecule has 1 heterocycles. The molecular weight excluding hydrogens is 835 g/mol. The van der Waals surface area contributed by atoms with E-state index in [1.807, 2.05) is 0 Å². The number of hydrogen-bond acceptors (Lipinski definition) is 1. The Morgan fingerprint density at radius 2 is 0.779 bits per heavy atom. The number of nitrogens with zero attached hydrogens (tertiary/aromatic N) is 1. The molecule has 0 saturated heterocycles. The predicted octanol–water partition coefficient (Wildman–Crippen LogP) is 16.0. The molecule has 0 N–H and O–H groups in total. The SMILES string of the molecule is CC1(C)c2ccccc2-c2ccc(N(c3ccc(-c4ccc5c(c4)[Si](C)(C)c4ccccc4-5)cc3)c3ccc4c(c3)C(c3ccccc3)(c3cccc(-c5ccccc5)c3)c3ccccc3-4)cc21. The molecule has 1 unspecified atom stereocenters. The van der Waals surface area contributed by atoms with E-state index in [0.717, 1.165) is 17.1 Å². The van der Waals surface area contributed by atoms with E-state index < -0.39 is 13.5 Å². The highest BCUT2D eigenvalue weighted by atomic mass is 28.3. The first kappa shape index (κ1) is 40.5. The van der Waals surface area contributed by atoms with E-state index in [2.05, 4.69) is 268 Å². The molecule has 0 aromatic heterocycles. The fraction of sp³-hybridized carbons (Fsp3) is 0.0909. The normalized spacial score (nSPS) is 16.2. The molecule has 68 heavy (non-hydrogen) atoms. The van der Waals surface area contributed by atoms with Gasteiger partial charge in [-0.25, -0.2) is 0 Å². The summed E-state index contributed by atoms with van der Waals surface area (Å²) in [7, 11) is -1.83. The summed E-state index contributed by atoms with van der Waals surface area (Å²) in [5.74, 6) is 0. The summed E-state index contributed by atoms with van der Waals surface area (Å²) < 4.78 is 0. The van der Waals surface area contributed by atoms with Gasteiger partial charge in [-0.05, 0) is 142 Å². The summed E-state index contributed by atoms with van der Waals surface area (Å²) in [4.78, 5) is 2.50. The smallest absolute Gasteiger partial charge is 0.113 e. The van der Waals surface area contributed by atoms with Crippen molar-refractivity contribution in [3.05, 3.63) is 270 Å². The Morgan fingerprint density at radius 1 is 0.309 bits per heavy atom. The van der Waals surface area contributed by atoms with Gasteiger partial charge in [0.25, 0.3) is 0 Å². The summed E-state index contributed by atoms with van der Waals surface area (Å²) in [6.07, 6.45) is 0. The summed E-state index contributed by atoms with van der Waals surface area (Å²) in [6.45, 7) is 9.76. The van der Waals surface area contributed by atoms with Gasteiger partial charge >= 0.3 is 0 Å². The summed E-state index contributed by atoms with van der Waals surface area (Å²) in [6, 6.07) is 89.2. The van der Waals surface area contributed by atoms with Gasteiger partial charge in [0.1, 0.15) is 8.07 Å². The molecule has 10 aromatic carbocycles. The van der Waals surface area contributed by atoms with E-state index in [-0.39, 0.29) is 5.41 Å². The predicted molar refractivity (Wildman–Crippen MR) is 289 cm³/mol. The van der Waals surface area contributed by atoms with Crippen molar-refractivity contribution in [2.75, 3.05) is 4.90 Å². The zero-order valence-electron chi connectivity index (χ0n) is 39.0. The van der Waals surface area contributed by atoms with Crippen molar-refractivity contribution in [1.29, 1.82) is 0 Å². The highest BCUT2D eigenvalue weighted by molar-refractivity contribution is 7.03. The van der Waals surface area contributed by atoms with Gasteiger partial charge in [0.2, 0.25) is 0 Å². The number of rotatable bonds is 7. The molecule has 0 spiro atoms. The Hall–Kier alpha value is -7.78. The molecule has 1 aliphatic heterocycles. The van der Waals surface area contributed by atoms with Crippen LogP contribution in [-0.4, -0.2) is 8.07 Å². The topological polar surface area (TPSA) is 3.24 Å². The number of anilines is 3. The largest absolute Gasteiger partial charge is 0.310 e. The summed E-state index contributed by atoms with van der Waals surface area (Å²) in [5.41, 5.74) is 23.5. The third kappa shape index (κ3) is 5.87. The molecule has 0 saturated carbocycles. The maximum absolute atomic E-state index is 2.50. The van der Waals surface area contributed by atoms with Crippen LogP contribution in [0, 0.1) is 0 Å². The van der Waals surface area contributed by atoms with Gasteiger partial charge in [-0.3, -0.25) is 0 Å². The van der Waals surface area contributed by atoms with Gasteiger partial charge in [0, 0.05) is 22.5 Å². The Morgan fingerprint density at radius 3 is 1.51 bits per heavy atom. The molecular formula is C66H51NSi. The van der Waals surface area contributed by atoms with Crippen molar-refractivity contribution in [1.82, 2.24) is 0 Å². The van der Waals surface area contributed by atoms with Crippen LogP contribution in [0.1, 0.15) is 47.2 Å². The van der Waals surface area contributed by atoms with Gasteiger partial charge in [-0.15, -0.1) is 0 Å². The van der Waals surface area contributed by atoms with E-state index in [0.29, 0.717) is 0 Å². The minimum atomic E-state index is -1.83. The summed E-state index contributed by atoms with van der Waals surface area (Å²) >= 11 is 0. The van der Waals surface area contributed by atoms with Crippen LogP contribution in [0.5, 0.6) is 0 Å². The number of hydrogen-bond donors (Lipinski definition) is 0. The average Bonchev–Trinajstić information content (AvgIpc) is 3.91. The van der Waals surface area contributed by atoms with Gasteiger partial charge < -0.3 is 4.90 Å². The van der Waals surface area contributed by atoms with Crippen LogP contribution in [0.15, 0.2) is 237 Å². The lowest BCUT2D eigenvalue weighted by Gasteiger charge is -2.35. The van der Waals surface area contributed by atoms with Crippen LogP contribution >= 0.6 is 0 Å². The highest BCUT2D eigenvalue weighted by Crippen LogP contribution is 2.58. The molecule has 0 radical (unpaired) electrons. The quantitative estimate of drug-likeness (QED) is 0.144. The lowest BCUT2D eigenvalue weighted by atomic mass is 9.67. The molecule has 2 aliphatic carbocycles. The Balaban J connectivity index is 1.01. The monoisotopic (exact) mass is 885 g/mol. The molecule has 2 heteroatoms. The zero-order valence-corrected chi connectivity index (χ0v) is 40.0. The van der Waals surface area contributed by atoms with E-state index in [4.69, 9.17) is 0 Å². The van der Waals surface area contributed by atoms with Gasteiger partial charge in [0.05, 0.1) is 5.41 Å². The minimum Gasteiger partial charge on any atom is -0.310 e. The molecule has 3 aliphatic rings. The van der Waals surface area contributed by atoms with Gasteiger partial charge in [0.15, 0.2) is 0 Å². The fourth-order valence-corrected chi connectivity index (χ4v) is 15.5. The van der Waals surface area contributed by atoms with Crippen molar-refractivity contribution < 1.29 is 0 Å². The van der Waals surface area contributed by atoms with Crippen LogP contribution in [-0.2, 0) is 10.8 Å². The molecule has 13 rings (SSSR count). The van der Waals surface area contributed by atoms with Crippen molar-refractivity contribution >= 4 is 35.5 Å². The summed E-state index contributed by atoms with van der Waals surface area (Å²) in [5, 5.41) is 3.07. The van der Waals surface area contributed by atoms with Gasteiger partial charge in [-0.1, -0.05) is 221 Å². The lowest BCUT2D eigenvalue weighted by molar-refractivity contribution is 0.660. The average molecular weight is 886 g/mol. The van der Waals surface area contributed by atoms with E-state index in [1.54, 1.807) is 0 Å². The maximum Gasteiger partial charge on any atom is 0.113 e. The second-order valence-electron chi connectivity index (χ2n) is 20.1. The molecule has 10 aromatic rings. The molecule has 0 bridgehead atoms. The molecule has 1 nitrogen and oxygen atoms in total. The second kappa shape index (κ2) is 15.1. The van der Waals surface area contributed by atoms with Crippen LogP contribution in [0.4, 0.5) is 17.1 Å². The standard InChI is InChI=1S/C66H51NSi/c1-65(2)59-27-14-11-24-53(59)55-38-35-51(42-61(55)65)67(50-33-30-45(31-34-50)47-32-37-58-57-26-13-16-29-63(57)68(3,4)64(58)41-47)52-36-39-56-54-25-12-15-28-60(54)66(62(56)43-52,48-21-9-6-10-22-48)49-23-17-20-46(40-49)44-18-7-5-8-19-44/h5-43H,1-4H3. The van der Waals surface area contributed by atoms with Crippen molar-refractivity contribution in [2.24, 2.45) is 0 Å². The second-order valence-corrected chi connectivity index (χ2v) is 24.4. The van der Waals surface area contributed by atoms with E-state index in [1.165, 1.54) is 99.4 Å². The third-order valence-electron chi connectivity index (χ3n) is 15.8. The molecule has 0 fully saturated rings. The number of fused-ring (bicyclic) bond motifs is 9. The molecule has 324 valence electrons.